The van der Waals surface area contributed by atoms with Crippen LogP contribution in [-0.4, -0.2) is 28.9 Å². The van der Waals surface area contributed by atoms with Crippen molar-refractivity contribution in [3.63, 3.8) is 0 Å². The van der Waals surface area contributed by atoms with Gasteiger partial charge >= 0.3 is 15.5 Å². The third-order valence-corrected chi connectivity index (χ3v) is 8.91. The highest BCUT2D eigenvalue weighted by atomic mass is 32.3. The Morgan fingerprint density at radius 2 is 1.15 bits per heavy atom. The highest BCUT2D eigenvalue weighted by molar-refractivity contribution is 8.05. The van der Waals surface area contributed by atoms with E-state index in [1.54, 1.807) is 0 Å². The molecular formula is C27H25F3N4O4S2. The summed E-state index contributed by atoms with van der Waals surface area (Å²) < 4.78 is 85.7. The quantitative estimate of drug-likeness (QED) is 0.195. The third kappa shape index (κ3) is 6.92. The molecule has 4 aromatic rings. The SMILES string of the molecule is CCN(c1ccccc1)c1cc(Nc2ccccc2)cc(Nc2ccc(S(=O)(=O)NS(=O)(=O)C(F)(F)F)cc2)c1. The molecule has 0 aromatic heterocycles. The van der Waals surface area contributed by atoms with Crippen molar-refractivity contribution in [2.24, 2.45) is 0 Å². The fourth-order valence-corrected chi connectivity index (χ4v) is 6.26. The first-order valence-electron chi connectivity index (χ1n) is 11.9. The maximum atomic E-state index is 12.6. The van der Waals surface area contributed by atoms with Crippen LogP contribution in [0.5, 0.6) is 0 Å². The molecule has 0 saturated heterocycles. The predicted octanol–water partition coefficient (Wildman–Crippen LogP) is 6.46. The third-order valence-electron chi connectivity index (χ3n) is 5.65. The van der Waals surface area contributed by atoms with Crippen LogP contribution in [-0.2, 0) is 20.0 Å². The molecule has 0 radical (unpaired) electrons. The lowest BCUT2D eigenvalue weighted by Crippen LogP contribution is -2.40. The first kappa shape index (κ1) is 28.9. The van der Waals surface area contributed by atoms with Crippen molar-refractivity contribution in [2.75, 3.05) is 22.1 Å². The number of halogens is 3. The van der Waals surface area contributed by atoms with Gasteiger partial charge in [-0.05, 0) is 73.7 Å². The number of benzene rings is 4. The summed E-state index contributed by atoms with van der Waals surface area (Å²) in [5.74, 6) is 0. The van der Waals surface area contributed by atoms with Gasteiger partial charge in [0, 0.05) is 40.7 Å². The smallest absolute Gasteiger partial charge is 0.355 e. The summed E-state index contributed by atoms with van der Waals surface area (Å²) in [6.07, 6.45) is 0. The van der Waals surface area contributed by atoms with Gasteiger partial charge in [0.25, 0.3) is 10.0 Å². The minimum Gasteiger partial charge on any atom is -0.355 e. The molecule has 0 amide bonds. The Morgan fingerprint density at radius 3 is 1.65 bits per heavy atom. The van der Waals surface area contributed by atoms with E-state index in [0.29, 0.717) is 22.0 Å². The molecule has 0 spiro atoms. The van der Waals surface area contributed by atoms with Gasteiger partial charge in [0.2, 0.25) is 0 Å². The van der Waals surface area contributed by atoms with Crippen LogP contribution < -0.4 is 19.7 Å². The van der Waals surface area contributed by atoms with E-state index in [4.69, 9.17) is 0 Å². The van der Waals surface area contributed by atoms with Crippen LogP contribution in [0.4, 0.5) is 47.3 Å². The Balaban J connectivity index is 1.64. The molecule has 0 bridgehead atoms. The number of hydrogen-bond donors (Lipinski definition) is 3. The Bertz CT molecular complexity index is 1670. The lowest BCUT2D eigenvalue weighted by atomic mass is 10.1. The van der Waals surface area contributed by atoms with Crippen molar-refractivity contribution in [2.45, 2.75) is 17.3 Å². The van der Waals surface area contributed by atoms with Crippen LogP contribution in [0.15, 0.2) is 108 Å². The van der Waals surface area contributed by atoms with Crippen molar-refractivity contribution >= 4 is 54.2 Å². The molecule has 0 aliphatic rings. The minimum absolute atomic E-state index is 0.420. The zero-order chi connectivity index (χ0) is 29.0. The van der Waals surface area contributed by atoms with Gasteiger partial charge in [-0.2, -0.15) is 13.2 Å². The van der Waals surface area contributed by atoms with Crippen molar-refractivity contribution < 1.29 is 30.0 Å². The second-order valence-corrected chi connectivity index (χ2v) is 12.1. The van der Waals surface area contributed by atoms with E-state index in [1.807, 2.05) is 85.8 Å². The summed E-state index contributed by atoms with van der Waals surface area (Å²) in [7, 11) is -11.1. The molecular weight excluding hydrogens is 565 g/mol. The molecule has 0 heterocycles. The van der Waals surface area contributed by atoms with Crippen molar-refractivity contribution in [1.29, 1.82) is 0 Å². The standard InChI is InChI=1S/C27H25F3N4O4S2/c1-2-34(24-11-7-4-8-12-24)25-18-22(31-20-9-5-3-6-10-20)17-23(19-25)32-21-13-15-26(16-14-21)39(35,36)33-40(37,38)27(28,29)30/h3-19,31-33H,2H2,1H3. The average molecular weight is 591 g/mol. The molecule has 0 saturated carbocycles. The van der Waals surface area contributed by atoms with E-state index in [1.165, 1.54) is 12.1 Å². The number of anilines is 6. The monoisotopic (exact) mass is 590 g/mol. The minimum atomic E-state index is -6.10. The number of alkyl halides is 3. The maximum Gasteiger partial charge on any atom is 0.512 e. The Hall–Kier alpha value is -4.07. The molecule has 0 aliphatic heterocycles. The number of sulfonamides is 2. The summed E-state index contributed by atoms with van der Waals surface area (Å²) in [5, 5.41) is 6.53. The summed E-state index contributed by atoms with van der Waals surface area (Å²) in [5.41, 5.74) is -1.25. The molecule has 210 valence electrons. The summed E-state index contributed by atoms with van der Waals surface area (Å²) in [4.78, 5) is 1.45. The van der Waals surface area contributed by atoms with Crippen LogP contribution in [0.25, 0.3) is 0 Å². The van der Waals surface area contributed by atoms with Crippen molar-refractivity contribution in [1.82, 2.24) is 4.13 Å². The molecule has 0 unspecified atom stereocenters. The van der Waals surface area contributed by atoms with Gasteiger partial charge in [-0.25, -0.2) is 16.8 Å². The number of hydrogen-bond acceptors (Lipinski definition) is 7. The zero-order valence-corrected chi connectivity index (χ0v) is 22.7. The van der Waals surface area contributed by atoms with Crippen molar-refractivity contribution in [3.8, 4) is 0 Å². The van der Waals surface area contributed by atoms with Gasteiger partial charge in [0.1, 0.15) is 0 Å². The maximum absolute atomic E-state index is 12.6. The second-order valence-electron chi connectivity index (χ2n) is 8.52. The van der Waals surface area contributed by atoms with E-state index in [2.05, 4.69) is 15.5 Å². The predicted molar refractivity (Wildman–Crippen MR) is 150 cm³/mol. The van der Waals surface area contributed by atoms with E-state index < -0.39 is 30.5 Å². The van der Waals surface area contributed by atoms with Gasteiger partial charge < -0.3 is 15.5 Å². The molecule has 4 rings (SSSR count). The highest BCUT2D eigenvalue weighted by Gasteiger charge is 2.48. The van der Waals surface area contributed by atoms with Crippen molar-refractivity contribution in [3.05, 3.63) is 103 Å². The van der Waals surface area contributed by atoms with E-state index in [9.17, 15) is 30.0 Å². The Labute approximate surface area is 230 Å². The van der Waals surface area contributed by atoms with Gasteiger partial charge in [0.15, 0.2) is 0 Å². The van der Waals surface area contributed by atoms with E-state index in [-0.39, 0.29) is 0 Å². The molecule has 3 N–H and O–H groups in total. The van der Waals surface area contributed by atoms with Crippen LogP contribution in [0.2, 0.25) is 0 Å². The summed E-state index contributed by atoms with van der Waals surface area (Å²) in [6.45, 7) is 2.68. The number of nitrogens with one attached hydrogen (secondary N) is 3. The molecule has 8 nitrogen and oxygen atoms in total. The number of nitrogens with zero attached hydrogens (tertiary/aromatic N) is 1. The Kier molecular flexibility index (Phi) is 8.37. The summed E-state index contributed by atoms with van der Waals surface area (Å²) >= 11 is 0. The topological polar surface area (TPSA) is 108 Å². The van der Waals surface area contributed by atoms with Crippen LogP contribution in [0, 0.1) is 0 Å². The fourth-order valence-electron chi connectivity index (χ4n) is 3.85. The van der Waals surface area contributed by atoms with E-state index >= 15 is 0 Å². The first-order valence-corrected chi connectivity index (χ1v) is 14.9. The zero-order valence-electron chi connectivity index (χ0n) is 21.1. The van der Waals surface area contributed by atoms with Gasteiger partial charge in [-0.3, -0.25) is 0 Å². The van der Waals surface area contributed by atoms with Crippen LogP contribution >= 0.6 is 0 Å². The van der Waals surface area contributed by atoms with Crippen LogP contribution in [0.3, 0.4) is 0 Å². The van der Waals surface area contributed by atoms with Crippen LogP contribution in [0.1, 0.15) is 6.92 Å². The molecule has 0 atom stereocenters. The lowest BCUT2D eigenvalue weighted by molar-refractivity contribution is -0.0441. The fraction of sp³-hybridized carbons (Fsp3) is 0.111. The molecule has 0 aliphatic carbocycles. The molecule has 13 heteroatoms. The first-order chi connectivity index (χ1) is 18.9. The highest BCUT2D eigenvalue weighted by Crippen LogP contribution is 2.33. The number of para-hydroxylation sites is 2. The van der Waals surface area contributed by atoms with Gasteiger partial charge in [0.05, 0.1) is 4.90 Å². The molecule has 4 aromatic carbocycles. The second kappa shape index (κ2) is 11.6. The average Bonchev–Trinajstić information content (AvgIpc) is 2.89. The molecule has 40 heavy (non-hydrogen) atoms. The normalized spacial score (nSPS) is 12.1. The lowest BCUT2D eigenvalue weighted by Gasteiger charge is -2.25. The van der Waals surface area contributed by atoms with E-state index in [0.717, 1.165) is 34.9 Å². The Morgan fingerprint density at radius 1 is 0.650 bits per heavy atom. The summed E-state index contributed by atoms with van der Waals surface area (Å²) in [6, 6.07) is 29.7. The molecule has 0 fully saturated rings. The largest absolute Gasteiger partial charge is 0.512 e. The number of rotatable bonds is 10. The van der Waals surface area contributed by atoms with Gasteiger partial charge in [-0.15, -0.1) is 0 Å². The van der Waals surface area contributed by atoms with Gasteiger partial charge in [-0.1, -0.05) is 40.5 Å².